The number of pyridine rings is 1. The van der Waals surface area contributed by atoms with Gasteiger partial charge in [0.15, 0.2) is 0 Å². The Kier molecular flexibility index (Phi) is 4.35. The van der Waals surface area contributed by atoms with E-state index in [1.807, 2.05) is 0 Å². The molecule has 0 aliphatic heterocycles. The van der Waals surface area contributed by atoms with E-state index in [1.165, 1.54) is 12.4 Å². The third-order valence-corrected chi connectivity index (χ3v) is 4.31. The first kappa shape index (κ1) is 14.2. The van der Waals surface area contributed by atoms with Crippen LogP contribution in [-0.2, 0) is 16.4 Å². The van der Waals surface area contributed by atoms with E-state index in [0.29, 0.717) is 12.2 Å². The van der Waals surface area contributed by atoms with Crippen LogP contribution in [-0.4, -0.2) is 35.1 Å². The molecule has 0 radical (unpaired) electrons. The molecule has 0 aliphatic rings. The minimum absolute atomic E-state index is 0.0422. The van der Waals surface area contributed by atoms with Gasteiger partial charge < -0.3 is 0 Å². The highest BCUT2D eigenvalue weighted by atomic mass is 35.5. The van der Waals surface area contributed by atoms with Crippen molar-refractivity contribution in [2.45, 2.75) is 11.3 Å². The van der Waals surface area contributed by atoms with Gasteiger partial charge in [-0.15, -0.1) is 0 Å². The van der Waals surface area contributed by atoms with Crippen LogP contribution in [0.5, 0.6) is 0 Å². The maximum absolute atomic E-state index is 11.9. The molecule has 0 bridgehead atoms. The van der Waals surface area contributed by atoms with Crippen molar-refractivity contribution in [3.05, 3.63) is 34.6 Å². The van der Waals surface area contributed by atoms with E-state index in [9.17, 15) is 8.42 Å². The highest BCUT2D eigenvalue weighted by molar-refractivity contribution is 7.89. The molecule has 0 fully saturated rings. The number of sulfonamides is 1. The molecule has 0 saturated carbocycles. The van der Waals surface area contributed by atoms with E-state index < -0.39 is 10.0 Å². The second-order valence-corrected chi connectivity index (χ2v) is 6.06. The topological polar surface area (TPSA) is 101 Å². The summed E-state index contributed by atoms with van der Waals surface area (Å²) in [5.41, 5.74) is 0. The first-order valence-corrected chi connectivity index (χ1v) is 7.38. The zero-order valence-corrected chi connectivity index (χ0v) is 11.8. The molecule has 10 heteroatoms. The van der Waals surface area contributed by atoms with Crippen molar-refractivity contribution < 1.29 is 8.42 Å². The summed E-state index contributed by atoms with van der Waals surface area (Å²) < 4.78 is 26.3. The third-order valence-electron chi connectivity index (χ3n) is 2.20. The Labute approximate surface area is 119 Å². The Bertz CT molecular complexity index is 659. The number of rotatable bonds is 5. The number of aromatic amines is 1. The predicted molar refractivity (Wildman–Crippen MR) is 69.5 cm³/mol. The lowest BCUT2D eigenvalue weighted by atomic mass is 10.4. The van der Waals surface area contributed by atoms with E-state index in [2.05, 4.69) is 24.9 Å². The predicted octanol–water partition coefficient (Wildman–Crippen LogP) is 1.03. The van der Waals surface area contributed by atoms with Crippen molar-refractivity contribution >= 4 is 33.2 Å². The average Bonchev–Trinajstić information content (AvgIpc) is 2.85. The summed E-state index contributed by atoms with van der Waals surface area (Å²) >= 11 is 11.4. The molecule has 2 aromatic heterocycles. The summed E-state index contributed by atoms with van der Waals surface area (Å²) in [6, 6.07) is 1.24. The molecule has 0 aromatic carbocycles. The SMILES string of the molecule is O=S(=O)(NCCc1ncn[nH]1)c1cnc(Cl)c(Cl)c1. The number of nitrogens with zero attached hydrogens (tertiary/aromatic N) is 3. The average molecular weight is 322 g/mol. The lowest BCUT2D eigenvalue weighted by molar-refractivity contribution is 0.580. The van der Waals surface area contributed by atoms with Gasteiger partial charge in [0.1, 0.15) is 22.2 Å². The number of hydrogen-bond acceptors (Lipinski definition) is 5. The largest absolute Gasteiger partial charge is 0.263 e. The molecule has 0 spiro atoms. The van der Waals surface area contributed by atoms with E-state index in [-0.39, 0.29) is 21.6 Å². The number of H-pyrrole nitrogens is 1. The first-order valence-electron chi connectivity index (χ1n) is 5.14. The fourth-order valence-electron chi connectivity index (χ4n) is 1.29. The van der Waals surface area contributed by atoms with Crippen molar-refractivity contribution in [1.82, 2.24) is 24.9 Å². The first-order chi connectivity index (χ1) is 8.99. The van der Waals surface area contributed by atoms with Crippen LogP contribution in [0.25, 0.3) is 0 Å². The molecule has 0 unspecified atom stereocenters. The van der Waals surface area contributed by atoms with E-state index in [0.717, 1.165) is 6.20 Å². The monoisotopic (exact) mass is 321 g/mol. The number of nitrogens with one attached hydrogen (secondary N) is 2. The van der Waals surface area contributed by atoms with Crippen LogP contribution >= 0.6 is 23.2 Å². The summed E-state index contributed by atoms with van der Waals surface area (Å²) in [6.45, 7) is 0.178. The Morgan fingerprint density at radius 3 is 2.74 bits per heavy atom. The lowest BCUT2D eigenvalue weighted by Gasteiger charge is -2.06. The van der Waals surface area contributed by atoms with Gasteiger partial charge in [0, 0.05) is 19.2 Å². The third kappa shape index (κ3) is 3.63. The molecule has 2 rings (SSSR count). The van der Waals surface area contributed by atoms with Gasteiger partial charge in [0.25, 0.3) is 0 Å². The molecule has 102 valence electrons. The maximum atomic E-state index is 11.9. The van der Waals surface area contributed by atoms with Gasteiger partial charge in [0.2, 0.25) is 10.0 Å². The molecule has 19 heavy (non-hydrogen) atoms. The van der Waals surface area contributed by atoms with Crippen molar-refractivity contribution in [3.63, 3.8) is 0 Å². The highest BCUT2D eigenvalue weighted by Crippen LogP contribution is 2.21. The van der Waals surface area contributed by atoms with Crippen LogP contribution in [0.2, 0.25) is 10.2 Å². The van der Waals surface area contributed by atoms with Gasteiger partial charge in [-0.2, -0.15) is 5.10 Å². The van der Waals surface area contributed by atoms with Crippen LogP contribution in [0.1, 0.15) is 5.82 Å². The fourth-order valence-corrected chi connectivity index (χ4v) is 2.63. The standard InChI is InChI=1S/C9H9Cl2N5O2S/c10-7-3-6(4-12-9(7)11)19(17,18)15-2-1-8-13-5-14-16-8/h3-5,15H,1-2H2,(H,13,14,16). The normalized spacial score (nSPS) is 11.7. The van der Waals surface area contributed by atoms with Gasteiger partial charge in [-0.3, -0.25) is 5.10 Å². The van der Waals surface area contributed by atoms with Crippen LogP contribution in [0.3, 0.4) is 0 Å². The minimum atomic E-state index is -3.67. The second kappa shape index (κ2) is 5.83. The van der Waals surface area contributed by atoms with Gasteiger partial charge in [-0.1, -0.05) is 23.2 Å². The Hall–Kier alpha value is -1.22. The number of aromatic nitrogens is 4. The molecule has 0 amide bonds. The highest BCUT2D eigenvalue weighted by Gasteiger charge is 2.15. The van der Waals surface area contributed by atoms with Gasteiger partial charge >= 0.3 is 0 Å². The number of hydrogen-bond donors (Lipinski definition) is 2. The van der Waals surface area contributed by atoms with Crippen LogP contribution < -0.4 is 4.72 Å². The zero-order chi connectivity index (χ0) is 13.9. The minimum Gasteiger partial charge on any atom is -0.263 e. The van der Waals surface area contributed by atoms with E-state index >= 15 is 0 Å². The molecule has 0 atom stereocenters. The smallest absolute Gasteiger partial charge is 0.242 e. The molecule has 2 aromatic rings. The van der Waals surface area contributed by atoms with Crippen molar-refractivity contribution in [2.24, 2.45) is 0 Å². The molecular formula is C9H9Cl2N5O2S. The van der Waals surface area contributed by atoms with Crippen LogP contribution in [0.15, 0.2) is 23.5 Å². The zero-order valence-electron chi connectivity index (χ0n) is 9.47. The summed E-state index contributed by atoms with van der Waals surface area (Å²) in [4.78, 5) is 7.53. The van der Waals surface area contributed by atoms with Gasteiger partial charge in [-0.05, 0) is 6.07 Å². The molecule has 7 nitrogen and oxygen atoms in total. The van der Waals surface area contributed by atoms with Crippen molar-refractivity contribution in [1.29, 1.82) is 0 Å². The van der Waals surface area contributed by atoms with E-state index in [4.69, 9.17) is 23.2 Å². The molecule has 2 heterocycles. The molecule has 2 N–H and O–H groups in total. The fraction of sp³-hybridized carbons (Fsp3) is 0.222. The summed E-state index contributed by atoms with van der Waals surface area (Å²) in [5.74, 6) is 0.593. The van der Waals surface area contributed by atoms with Crippen molar-refractivity contribution in [3.8, 4) is 0 Å². The Morgan fingerprint density at radius 1 is 1.32 bits per heavy atom. The second-order valence-electron chi connectivity index (χ2n) is 3.52. The van der Waals surface area contributed by atoms with Crippen molar-refractivity contribution in [2.75, 3.05) is 6.54 Å². The summed E-state index contributed by atoms with van der Waals surface area (Å²) in [6.07, 6.45) is 2.89. The summed E-state index contributed by atoms with van der Waals surface area (Å²) in [7, 11) is -3.67. The van der Waals surface area contributed by atoms with Crippen LogP contribution in [0.4, 0.5) is 0 Å². The van der Waals surface area contributed by atoms with Crippen LogP contribution in [0, 0.1) is 0 Å². The Morgan fingerprint density at radius 2 is 2.11 bits per heavy atom. The molecular weight excluding hydrogens is 313 g/mol. The lowest BCUT2D eigenvalue weighted by Crippen LogP contribution is -2.26. The maximum Gasteiger partial charge on any atom is 0.242 e. The number of halogens is 2. The Balaban J connectivity index is 2.03. The van der Waals surface area contributed by atoms with Gasteiger partial charge in [-0.25, -0.2) is 23.1 Å². The van der Waals surface area contributed by atoms with E-state index in [1.54, 1.807) is 0 Å². The molecule has 0 saturated heterocycles. The van der Waals surface area contributed by atoms with Gasteiger partial charge in [0.05, 0.1) is 5.02 Å². The summed E-state index contributed by atoms with van der Waals surface area (Å²) in [5, 5.41) is 6.43. The molecule has 0 aliphatic carbocycles. The quantitative estimate of drug-likeness (QED) is 0.801.